The minimum Gasteiger partial charge on any atom is -0.492 e. The first-order chi connectivity index (χ1) is 9.11. The lowest BCUT2D eigenvalue weighted by Crippen LogP contribution is -2.14. The second kappa shape index (κ2) is 5.85. The molecule has 1 aromatic carbocycles. The summed E-state index contributed by atoms with van der Waals surface area (Å²) in [7, 11) is 0. The van der Waals surface area contributed by atoms with Gasteiger partial charge in [-0.1, -0.05) is 23.8 Å². The molecule has 0 bridgehead atoms. The van der Waals surface area contributed by atoms with E-state index in [-0.39, 0.29) is 6.04 Å². The normalized spacial score (nSPS) is 12.2. The van der Waals surface area contributed by atoms with Gasteiger partial charge in [-0.2, -0.15) is 0 Å². The molecular weight excluding hydrogens is 236 g/mol. The highest BCUT2D eigenvalue weighted by atomic mass is 16.5. The third-order valence-electron chi connectivity index (χ3n) is 3.17. The number of hydrogen-bond acceptors (Lipinski definition) is 3. The van der Waals surface area contributed by atoms with Crippen molar-refractivity contribution in [2.75, 3.05) is 6.61 Å². The van der Waals surface area contributed by atoms with E-state index in [9.17, 15) is 0 Å². The molecule has 2 aromatic rings. The monoisotopic (exact) mass is 256 g/mol. The van der Waals surface area contributed by atoms with Crippen LogP contribution in [-0.4, -0.2) is 11.6 Å². The lowest BCUT2D eigenvalue weighted by Gasteiger charge is -2.16. The summed E-state index contributed by atoms with van der Waals surface area (Å²) in [5.41, 5.74) is 10.9. The molecule has 1 heterocycles. The van der Waals surface area contributed by atoms with Crippen molar-refractivity contribution in [2.45, 2.75) is 26.8 Å². The molecule has 0 aliphatic rings. The van der Waals surface area contributed by atoms with Gasteiger partial charge in [-0.05, 0) is 43.5 Å². The van der Waals surface area contributed by atoms with Gasteiger partial charge in [-0.15, -0.1) is 0 Å². The molecule has 0 saturated carbocycles. The van der Waals surface area contributed by atoms with Crippen LogP contribution in [0.25, 0.3) is 0 Å². The molecule has 0 aliphatic carbocycles. The Kier molecular flexibility index (Phi) is 4.17. The van der Waals surface area contributed by atoms with Crippen LogP contribution in [0, 0.1) is 13.8 Å². The van der Waals surface area contributed by atoms with E-state index in [1.165, 1.54) is 11.1 Å². The Morgan fingerprint density at radius 1 is 1.21 bits per heavy atom. The second-order valence-corrected chi connectivity index (χ2v) is 4.72. The molecule has 0 saturated heterocycles. The van der Waals surface area contributed by atoms with Gasteiger partial charge in [0.05, 0.1) is 18.8 Å². The Labute approximate surface area is 114 Å². The number of hydrogen-bond donors (Lipinski definition) is 1. The minimum absolute atomic E-state index is 0.173. The van der Waals surface area contributed by atoms with E-state index in [4.69, 9.17) is 10.5 Å². The molecule has 1 unspecified atom stereocenters. The van der Waals surface area contributed by atoms with Crippen molar-refractivity contribution in [2.24, 2.45) is 5.73 Å². The van der Waals surface area contributed by atoms with E-state index in [2.05, 4.69) is 37.0 Å². The Bertz CT molecular complexity index is 566. The van der Waals surface area contributed by atoms with E-state index in [0.29, 0.717) is 6.61 Å². The van der Waals surface area contributed by atoms with Crippen LogP contribution in [0.15, 0.2) is 36.7 Å². The molecule has 0 spiro atoms. The maximum atomic E-state index is 6.36. The van der Waals surface area contributed by atoms with E-state index >= 15 is 0 Å². The van der Waals surface area contributed by atoms with Crippen LogP contribution in [-0.2, 0) is 0 Å². The van der Waals surface area contributed by atoms with Crippen LogP contribution >= 0.6 is 0 Å². The molecule has 2 N–H and O–H groups in total. The Morgan fingerprint density at radius 2 is 2.00 bits per heavy atom. The summed E-state index contributed by atoms with van der Waals surface area (Å²) in [5, 5.41) is 0. The summed E-state index contributed by atoms with van der Waals surface area (Å²) in [6.45, 7) is 6.74. The molecule has 2 rings (SSSR count). The van der Waals surface area contributed by atoms with Crippen molar-refractivity contribution in [1.82, 2.24) is 4.98 Å². The molecule has 1 aromatic heterocycles. The summed E-state index contributed by atoms with van der Waals surface area (Å²) >= 11 is 0. The number of benzene rings is 1. The van der Waals surface area contributed by atoms with Crippen LogP contribution in [0.1, 0.15) is 35.2 Å². The van der Waals surface area contributed by atoms with Gasteiger partial charge in [0, 0.05) is 6.20 Å². The van der Waals surface area contributed by atoms with Crippen LogP contribution in [0.5, 0.6) is 5.75 Å². The first kappa shape index (κ1) is 13.6. The maximum Gasteiger partial charge on any atom is 0.137 e. The van der Waals surface area contributed by atoms with E-state index in [1.54, 1.807) is 12.4 Å². The predicted octanol–water partition coefficient (Wildman–Crippen LogP) is 3.15. The number of aryl methyl sites for hydroxylation is 2. The van der Waals surface area contributed by atoms with E-state index in [0.717, 1.165) is 16.9 Å². The van der Waals surface area contributed by atoms with Gasteiger partial charge in [0.15, 0.2) is 0 Å². The van der Waals surface area contributed by atoms with Gasteiger partial charge in [-0.3, -0.25) is 4.98 Å². The highest BCUT2D eigenvalue weighted by molar-refractivity contribution is 5.39. The van der Waals surface area contributed by atoms with Crippen LogP contribution in [0.2, 0.25) is 0 Å². The number of pyridine rings is 1. The molecule has 0 aliphatic heterocycles. The second-order valence-electron chi connectivity index (χ2n) is 4.72. The van der Waals surface area contributed by atoms with Gasteiger partial charge >= 0.3 is 0 Å². The molecule has 19 heavy (non-hydrogen) atoms. The zero-order valence-corrected chi connectivity index (χ0v) is 11.7. The minimum atomic E-state index is -0.173. The van der Waals surface area contributed by atoms with Crippen LogP contribution in [0.4, 0.5) is 0 Å². The van der Waals surface area contributed by atoms with Crippen molar-refractivity contribution >= 4 is 0 Å². The van der Waals surface area contributed by atoms with Crippen molar-refractivity contribution in [3.05, 3.63) is 58.9 Å². The number of nitrogens with two attached hydrogens (primary N) is 1. The first-order valence-electron chi connectivity index (χ1n) is 6.52. The van der Waals surface area contributed by atoms with Crippen molar-refractivity contribution < 1.29 is 4.74 Å². The molecule has 0 radical (unpaired) electrons. The van der Waals surface area contributed by atoms with Crippen molar-refractivity contribution in [1.29, 1.82) is 0 Å². The number of rotatable bonds is 4. The summed E-state index contributed by atoms with van der Waals surface area (Å²) in [4.78, 5) is 4.20. The molecular formula is C16H20N2O. The lowest BCUT2D eigenvalue weighted by atomic mass is 9.95. The molecule has 1 atom stereocenters. The molecule has 0 amide bonds. The summed E-state index contributed by atoms with van der Waals surface area (Å²) in [6.07, 6.45) is 3.51. The van der Waals surface area contributed by atoms with Crippen molar-refractivity contribution in [3.8, 4) is 5.75 Å². The average molecular weight is 256 g/mol. The topological polar surface area (TPSA) is 48.1 Å². The number of ether oxygens (including phenoxy) is 1. The zero-order chi connectivity index (χ0) is 13.8. The van der Waals surface area contributed by atoms with Crippen molar-refractivity contribution in [3.63, 3.8) is 0 Å². The molecule has 100 valence electrons. The summed E-state index contributed by atoms with van der Waals surface area (Å²) in [5.74, 6) is 0.765. The first-order valence-corrected chi connectivity index (χ1v) is 6.52. The summed E-state index contributed by atoms with van der Waals surface area (Å²) < 4.78 is 5.47. The van der Waals surface area contributed by atoms with E-state index < -0.39 is 0 Å². The number of aromatic nitrogens is 1. The molecule has 3 heteroatoms. The third-order valence-corrected chi connectivity index (χ3v) is 3.17. The van der Waals surface area contributed by atoms with Gasteiger partial charge in [0.1, 0.15) is 5.75 Å². The number of nitrogens with zero attached hydrogens (tertiary/aromatic N) is 1. The van der Waals surface area contributed by atoms with Crippen LogP contribution < -0.4 is 10.5 Å². The van der Waals surface area contributed by atoms with Gasteiger partial charge < -0.3 is 10.5 Å². The zero-order valence-electron chi connectivity index (χ0n) is 11.7. The average Bonchev–Trinajstić information content (AvgIpc) is 2.41. The summed E-state index contributed by atoms with van der Waals surface area (Å²) in [6, 6.07) is 8.12. The molecule has 3 nitrogen and oxygen atoms in total. The third kappa shape index (κ3) is 3.12. The quantitative estimate of drug-likeness (QED) is 0.914. The van der Waals surface area contributed by atoms with Crippen LogP contribution in [0.3, 0.4) is 0 Å². The fourth-order valence-corrected chi connectivity index (χ4v) is 2.13. The SMILES string of the molecule is CCOc1cncc(C(N)c2cc(C)ccc2C)c1. The van der Waals surface area contributed by atoms with Gasteiger partial charge in [0.2, 0.25) is 0 Å². The fraction of sp³-hybridized carbons (Fsp3) is 0.312. The predicted molar refractivity (Wildman–Crippen MR) is 77.4 cm³/mol. The fourth-order valence-electron chi connectivity index (χ4n) is 2.13. The smallest absolute Gasteiger partial charge is 0.137 e. The largest absolute Gasteiger partial charge is 0.492 e. The Hall–Kier alpha value is -1.87. The Balaban J connectivity index is 2.35. The highest BCUT2D eigenvalue weighted by Crippen LogP contribution is 2.25. The molecule has 0 fully saturated rings. The standard InChI is InChI=1S/C16H20N2O/c1-4-19-14-8-13(9-18-10-14)16(17)15-7-11(2)5-6-12(15)3/h5-10,16H,4,17H2,1-3H3. The Morgan fingerprint density at radius 3 is 2.74 bits per heavy atom. The highest BCUT2D eigenvalue weighted by Gasteiger charge is 2.13. The lowest BCUT2D eigenvalue weighted by molar-refractivity contribution is 0.338. The van der Waals surface area contributed by atoms with E-state index in [1.807, 2.05) is 13.0 Å². The van der Waals surface area contributed by atoms with Gasteiger partial charge in [0.25, 0.3) is 0 Å². The maximum absolute atomic E-state index is 6.36. The van der Waals surface area contributed by atoms with Gasteiger partial charge in [-0.25, -0.2) is 0 Å².